The van der Waals surface area contributed by atoms with Crippen LogP contribution in [0.5, 0.6) is 17.2 Å². The Bertz CT molecular complexity index is 897. The van der Waals surface area contributed by atoms with Gasteiger partial charge in [-0.2, -0.15) is 0 Å². The van der Waals surface area contributed by atoms with Crippen molar-refractivity contribution in [2.45, 2.75) is 50.5 Å². The lowest BCUT2D eigenvalue weighted by Crippen LogP contribution is -2.46. The zero-order valence-corrected chi connectivity index (χ0v) is 19.4. The van der Waals surface area contributed by atoms with E-state index < -0.39 is 0 Å². The van der Waals surface area contributed by atoms with E-state index in [1.807, 2.05) is 30.5 Å². The summed E-state index contributed by atoms with van der Waals surface area (Å²) in [5.74, 6) is 2.38. The van der Waals surface area contributed by atoms with Crippen molar-refractivity contribution >= 4 is 6.21 Å². The minimum Gasteiger partial charge on any atom is -0.496 e. The fourth-order valence-electron chi connectivity index (χ4n) is 4.62. The van der Waals surface area contributed by atoms with E-state index in [0.717, 1.165) is 55.9 Å². The van der Waals surface area contributed by atoms with Crippen molar-refractivity contribution in [2.75, 3.05) is 34.5 Å². The van der Waals surface area contributed by atoms with E-state index in [4.69, 9.17) is 23.9 Å². The molecule has 0 aliphatic carbocycles. The summed E-state index contributed by atoms with van der Waals surface area (Å²) in [6, 6.07) is 14.2. The lowest BCUT2D eigenvalue weighted by atomic mass is 9.66. The molecule has 1 aliphatic heterocycles. The monoisotopic (exact) mass is 425 g/mol. The van der Waals surface area contributed by atoms with Crippen molar-refractivity contribution in [3.63, 3.8) is 0 Å². The zero-order chi connectivity index (χ0) is 22.3. The SMILES string of the molecule is CCC1(C)CC(CCN=Cc2ccc(OC)c(OC)c2)(c2ccccc2OC)CCO1. The van der Waals surface area contributed by atoms with Crippen LogP contribution >= 0.6 is 0 Å². The van der Waals surface area contributed by atoms with Crippen LogP contribution in [0.25, 0.3) is 0 Å². The Morgan fingerprint density at radius 3 is 2.45 bits per heavy atom. The molecular formula is C26H35NO4. The van der Waals surface area contributed by atoms with Gasteiger partial charge in [0, 0.05) is 30.3 Å². The van der Waals surface area contributed by atoms with E-state index >= 15 is 0 Å². The summed E-state index contributed by atoms with van der Waals surface area (Å²) in [5, 5.41) is 0. The van der Waals surface area contributed by atoms with Crippen molar-refractivity contribution in [1.82, 2.24) is 0 Å². The quantitative estimate of drug-likeness (QED) is 0.502. The number of para-hydroxylation sites is 1. The summed E-state index contributed by atoms with van der Waals surface area (Å²) in [7, 11) is 5.03. The molecule has 2 aromatic carbocycles. The average Bonchev–Trinajstić information content (AvgIpc) is 2.81. The third-order valence-corrected chi connectivity index (χ3v) is 6.54. The summed E-state index contributed by atoms with van der Waals surface area (Å²) in [6.45, 7) is 5.91. The van der Waals surface area contributed by atoms with E-state index in [0.29, 0.717) is 5.75 Å². The van der Waals surface area contributed by atoms with Gasteiger partial charge in [0.05, 0.1) is 26.9 Å². The number of hydrogen-bond acceptors (Lipinski definition) is 5. The van der Waals surface area contributed by atoms with Crippen molar-refractivity contribution in [1.29, 1.82) is 0 Å². The Morgan fingerprint density at radius 1 is 1.00 bits per heavy atom. The number of methoxy groups -OCH3 is 3. The van der Waals surface area contributed by atoms with Gasteiger partial charge >= 0.3 is 0 Å². The largest absolute Gasteiger partial charge is 0.496 e. The Balaban J connectivity index is 1.82. The van der Waals surface area contributed by atoms with Crippen LogP contribution in [0, 0.1) is 0 Å². The standard InChI is InChI=1S/C26H35NO4/c1-6-25(2)19-26(14-16-31-25,21-9-7-8-10-22(21)28-3)13-15-27-18-20-11-12-23(29-4)24(17-20)30-5/h7-12,17-18H,6,13-16,19H2,1-5H3. The van der Waals surface area contributed by atoms with Crippen molar-refractivity contribution in [2.24, 2.45) is 4.99 Å². The molecular weight excluding hydrogens is 390 g/mol. The topological polar surface area (TPSA) is 49.3 Å². The third kappa shape index (κ3) is 5.21. The minimum atomic E-state index is -0.133. The molecule has 1 heterocycles. The summed E-state index contributed by atoms with van der Waals surface area (Å²) in [5.41, 5.74) is 2.10. The molecule has 0 saturated carbocycles. The molecule has 0 aromatic heterocycles. The summed E-state index contributed by atoms with van der Waals surface area (Å²) < 4.78 is 22.6. The number of ether oxygens (including phenoxy) is 4. The number of hydrogen-bond donors (Lipinski definition) is 0. The molecule has 2 aromatic rings. The molecule has 0 N–H and O–H groups in total. The van der Waals surface area contributed by atoms with Gasteiger partial charge in [0.15, 0.2) is 11.5 Å². The predicted molar refractivity (Wildman–Crippen MR) is 125 cm³/mol. The Labute approximate surface area is 186 Å². The number of aliphatic imine (C=N–C) groups is 1. The molecule has 1 fully saturated rings. The molecule has 5 heteroatoms. The molecule has 1 aliphatic rings. The Hall–Kier alpha value is -2.53. The molecule has 0 bridgehead atoms. The first-order valence-corrected chi connectivity index (χ1v) is 11.0. The summed E-state index contributed by atoms with van der Waals surface area (Å²) in [6.07, 6.45) is 5.77. The molecule has 2 atom stereocenters. The van der Waals surface area contributed by atoms with Gasteiger partial charge in [0.2, 0.25) is 0 Å². The van der Waals surface area contributed by atoms with Crippen LogP contribution in [0.3, 0.4) is 0 Å². The zero-order valence-electron chi connectivity index (χ0n) is 19.4. The van der Waals surface area contributed by atoms with Crippen LogP contribution in [0.4, 0.5) is 0 Å². The van der Waals surface area contributed by atoms with Gasteiger partial charge in [-0.1, -0.05) is 25.1 Å². The first-order valence-electron chi connectivity index (χ1n) is 11.0. The van der Waals surface area contributed by atoms with Gasteiger partial charge in [-0.05, 0) is 62.4 Å². The van der Waals surface area contributed by atoms with Gasteiger partial charge in [-0.3, -0.25) is 4.99 Å². The molecule has 0 spiro atoms. The van der Waals surface area contributed by atoms with Crippen LogP contribution in [-0.2, 0) is 10.2 Å². The maximum absolute atomic E-state index is 6.18. The highest BCUT2D eigenvalue weighted by Gasteiger charge is 2.44. The van der Waals surface area contributed by atoms with E-state index in [1.54, 1.807) is 21.3 Å². The van der Waals surface area contributed by atoms with E-state index in [-0.39, 0.29) is 11.0 Å². The molecule has 2 unspecified atom stereocenters. The predicted octanol–water partition coefficient (Wildman–Crippen LogP) is 5.44. The number of rotatable bonds is 9. The molecule has 1 saturated heterocycles. The highest BCUT2D eigenvalue weighted by atomic mass is 16.5. The molecule has 0 radical (unpaired) electrons. The van der Waals surface area contributed by atoms with Gasteiger partial charge < -0.3 is 18.9 Å². The molecule has 31 heavy (non-hydrogen) atoms. The Kier molecular flexibility index (Phi) is 7.60. The van der Waals surface area contributed by atoms with Gasteiger partial charge in [0.1, 0.15) is 5.75 Å². The van der Waals surface area contributed by atoms with Crippen LogP contribution in [-0.4, -0.2) is 46.3 Å². The fraction of sp³-hybridized carbons (Fsp3) is 0.500. The molecule has 168 valence electrons. The van der Waals surface area contributed by atoms with Gasteiger partial charge in [0.25, 0.3) is 0 Å². The van der Waals surface area contributed by atoms with Crippen molar-refractivity contribution in [3.05, 3.63) is 53.6 Å². The fourth-order valence-corrected chi connectivity index (χ4v) is 4.62. The molecule has 5 nitrogen and oxygen atoms in total. The van der Waals surface area contributed by atoms with E-state index in [2.05, 4.69) is 32.0 Å². The van der Waals surface area contributed by atoms with Crippen molar-refractivity contribution < 1.29 is 18.9 Å². The minimum absolute atomic E-state index is 0.0233. The highest BCUT2D eigenvalue weighted by Crippen LogP contribution is 2.48. The van der Waals surface area contributed by atoms with Crippen LogP contribution in [0.1, 0.15) is 50.7 Å². The first kappa shape index (κ1) is 23.1. The average molecular weight is 426 g/mol. The second-order valence-corrected chi connectivity index (χ2v) is 8.46. The lowest BCUT2D eigenvalue weighted by molar-refractivity contribution is -0.0979. The number of benzene rings is 2. The number of nitrogens with zero attached hydrogens (tertiary/aromatic N) is 1. The first-order chi connectivity index (χ1) is 15.0. The Morgan fingerprint density at radius 2 is 1.74 bits per heavy atom. The third-order valence-electron chi connectivity index (χ3n) is 6.54. The van der Waals surface area contributed by atoms with Crippen LogP contribution in [0.2, 0.25) is 0 Å². The highest BCUT2D eigenvalue weighted by molar-refractivity contribution is 5.80. The molecule has 0 amide bonds. The van der Waals surface area contributed by atoms with Gasteiger partial charge in [-0.15, -0.1) is 0 Å². The maximum Gasteiger partial charge on any atom is 0.161 e. The van der Waals surface area contributed by atoms with E-state index in [1.165, 1.54) is 5.56 Å². The summed E-state index contributed by atoms with van der Waals surface area (Å²) >= 11 is 0. The van der Waals surface area contributed by atoms with Crippen LogP contribution < -0.4 is 14.2 Å². The van der Waals surface area contributed by atoms with Gasteiger partial charge in [-0.25, -0.2) is 0 Å². The lowest BCUT2D eigenvalue weighted by Gasteiger charge is -2.47. The molecule has 3 rings (SSSR count). The van der Waals surface area contributed by atoms with Crippen LogP contribution in [0.15, 0.2) is 47.5 Å². The second-order valence-electron chi connectivity index (χ2n) is 8.46. The van der Waals surface area contributed by atoms with Crippen molar-refractivity contribution in [3.8, 4) is 17.2 Å². The normalized spacial score (nSPS) is 23.6. The smallest absolute Gasteiger partial charge is 0.161 e. The second kappa shape index (κ2) is 10.2. The summed E-state index contributed by atoms with van der Waals surface area (Å²) in [4.78, 5) is 4.76. The maximum atomic E-state index is 6.18. The van der Waals surface area contributed by atoms with E-state index in [9.17, 15) is 0 Å².